The number of hydrogen-bond acceptors (Lipinski definition) is 5. The zero-order valence-electron chi connectivity index (χ0n) is 24.9. The lowest BCUT2D eigenvalue weighted by atomic mass is 10.0. The van der Waals surface area contributed by atoms with E-state index in [1.165, 1.54) is 36.2 Å². The Bertz CT molecular complexity index is 1680. The van der Waals surface area contributed by atoms with Crippen LogP contribution in [0.5, 0.6) is 5.75 Å². The van der Waals surface area contributed by atoms with Gasteiger partial charge in [-0.05, 0) is 61.4 Å². The predicted molar refractivity (Wildman–Crippen MR) is 173 cm³/mol. The maximum atomic E-state index is 14.4. The molecule has 0 aliphatic heterocycles. The molecular weight excluding hydrogens is 598 g/mol. The molecule has 4 aromatic carbocycles. The molecule has 0 radical (unpaired) electrons. The van der Waals surface area contributed by atoms with E-state index in [1.807, 2.05) is 61.5 Å². The lowest BCUT2D eigenvalue weighted by molar-refractivity contribution is -0.139. The minimum atomic E-state index is -4.28. The maximum absolute atomic E-state index is 14.4. The van der Waals surface area contributed by atoms with Crippen LogP contribution in [0.2, 0.25) is 5.02 Å². The molecule has 4 aromatic rings. The molecule has 0 aliphatic rings. The Balaban J connectivity index is 1.82. The second kappa shape index (κ2) is 14.9. The number of sulfonamides is 1. The van der Waals surface area contributed by atoms with Crippen molar-refractivity contribution in [3.05, 3.63) is 125 Å². The smallest absolute Gasteiger partial charge is 0.264 e. The third-order valence-electron chi connectivity index (χ3n) is 7.07. The Morgan fingerprint density at radius 2 is 1.55 bits per heavy atom. The van der Waals surface area contributed by atoms with Gasteiger partial charge in [0, 0.05) is 25.0 Å². The molecule has 1 unspecified atom stereocenters. The van der Waals surface area contributed by atoms with Crippen molar-refractivity contribution in [2.24, 2.45) is 0 Å². The molecule has 230 valence electrons. The average molecular weight is 634 g/mol. The first-order valence-electron chi connectivity index (χ1n) is 14.2. The number of hydrogen-bond donors (Lipinski definition) is 1. The van der Waals surface area contributed by atoms with Gasteiger partial charge in [0.25, 0.3) is 10.0 Å². The van der Waals surface area contributed by atoms with Gasteiger partial charge in [-0.1, -0.05) is 83.9 Å². The number of rotatable bonds is 13. The molecule has 44 heavy (non-hydrogen) atoms. The van der Waals surface area contributed by atoms with Crippen LogP contribution in [0.4, 0.5) is 5.69 Å². The Kier molecular flexibility index (Phi) is 11.0. The molecule has 0 aliphatic carbocycles. The van der Waals surface area contributed by atoms with E-state index in [4.69, 9.17) is 16.3 Å². The van der Waals surface area contributed by atoms with Crippen molar-refractivity contribution >= 4 is 39.1 Å². The number of nitrogens with zero attached hydrogens (tertiary/aromatic N) is 2. The maximum Gasteiger partial charge on any atom is 0.264 e. The summed E-state index contributed by atoms with van der Waals surface area (Å²) in [6.07, 6.45) is 0.234. The van der Waals surface area contributed by atoms with Crippen LogP contribution in [0.1, 0.15) is 23.6 Å². The fourth-order valence-electron chi connectivity index (χ4n) is 4.92. The molecule has 0 fully saturated rings. The number of para-hydroxylation sites is 2. The van der Waals surface area contributed by atoms with Gasteiger partial charge in [0.2, 0.25) is 11.8 Å². The van der Waals surface area contributed by atoms with Crippen molar-refractivity contribution in [1.82, 2.24) is 10.2 Å². The number of ether oxygens (including phenoxy) is 1. The van der Waals surface area contributed by atoms with E-state index in [0.717, 1.165) is 21.0 Å². The molecule has 1 atom stereocenters. The molecule has 2 amide bonds. The second-order valence-corrected chi connectivity index (χ2v) is 12.5. The summed E-state index contributed by atoms with van der Waals surface area (Å²) in [7, 11) is -2.76. The van der Waals surface area contributed by atoms with Crippen molar-refractivity contribution < 1.29 is 22.7 Å². The van der Waals surface area contributed by atoms with Gasteiger partial charge in [-0.15, -0.1) is 0 Å². The van der Waals surface area contributed by atoms with E-state index in [2.05, 4.69) is 5.32 Å². The van der Waals surface area contributed by atoms with Crippen LogP contribution in [0.3, 0.4) is 0 Å². The van der Waals surface area contributed by atoms with E-state index >= 15 is 0 Å². The molecule has 0 spiro atoms. The number of amides is 2. The zero-order chi connectivity index (χ0) is 31.7. The van der Waals surface area contributed by atoms with Crippen LogP contribution in [-0.2, 0) is 32.6 Å². The van der Waals surface area contributed by atoms with Crippen molar-refractivity contribution in [2.45, 2.75) is 37.8 Å². The van der Waals surface area contributed by atoms with E-state index in [-0.39, 0.29) is 36.1 Å². The summed E-state index contributed by atoms with van der Waals surface area (Å²) < 4.78 is 35.2. The van der Waals surface area contributed by atoms with Gasteiger partial charge in [-0.25, -0.2) is 8.42 Å². The fraction of sp³-hybridized carbons (Fsp3) is 0.235. The SMILES string of the molecule is CCOc1ccccc1N(CC(=O)N(Cc1cccc(C)c1)C(Cc1ccccc1)C(=O)NC)S(=O)(=O)c1ccc(Cl)cc1. The van der Waals surface area contributed by atoms with Crippen molar-refractivity contribution in [3.8, 4) is 5.75 Å². The summed E-state index contributed by atoms with van der Waals surface area (Å²) in [5.74, 6) is -0.616. The molecule has 0 saturated heterocycles. The Morgan fingerprint density at radius 3 is 2.20 bits per heavy atom. The molecule has 8 nitrogen and oxygen atoms in total. The van der Waals surface area contributed by atoms with Gasteiger partial charge in [0.15, 0.2) is 0 Å². The number of carbonyl (C=O) groups excluding carboxylic acids is 2. The van der Waals surface area contributed by atoms with E-state index in [0.29, 0.717) is 10.8 Å². The first-order chi connectivity index (χ1) is 21.1. The fourth-order valence-corrected chi connectivity index (χ4v) is 6.47. The van der Waals surface area contributed by atoms with Crippen LogP contribution in [0.25, 0.3) is 0 Å². The van der Waals surface area contributed by atoms with Crippen LogP contribution in [0.15, 0.2) is 108 Å². The lowest BCUT2D eigenvalue weighted by Crippen LogP contribution is -2.53. The highest BCUT2D eigenvalue weighted by Crippen LogP contribution is 2.33. The molecule has 0 heterocycles. The van der Waals surface area contributed by atoms with Gasteiger partial charge >= 0.3 is 0 Å². The summed E-state index contributed by atoms with van der Waals surface area (Å²) in [6, 6.07) is 28.5. The second-order valence-electron chi connectivity index (χ2n) is 10.2. The van der Waals surface area contributed by atoms with Gasteiger partial charge in [-0.2, -0.15) is 0 Å². The van der Waals surface area contributed by atoms with Crippen molar-refractivity contribution in [2.75, 3.05) is 24.5 Å². The van der Waals surface area contributed by atoms with E-state index in [9.17, 15) is 18.0 Å². The Labute approximate surface area is 264 Å². The first kappa shape index (κ1) is 32.6. The lowest BCUT2D eigenvalue weighted by Gasteiger charge is -2.34. The highest BCUT2D eigenvalue weighted by atomic mass is 35.5. The van der Waals surface area contributed by atoms with Gasteiger partial charge in [-0.3, -0.25) is 13.9 Å². The standard InChI is InChI=1S/C34H36ClN3O5S/c1-4-43-32-16-9-8-15-30(32)38(44(41,42)29-19-17-28(35)18-20-29)24-33(39)37(23-27-14-10-11-25(2)21-27)31(34(40)36-3)22-26-12-6-5-7-13-26/h5-21,31H,4,22-24H2,1-3H3,(H,36,40). The van der Waals surface area contributed by atoms with Crippen LogP contribution in [-0.4, -0.2) is 51.4 Å². The topological polar surface area (TPSA) is 96.0 Å². The predicted octanol–water partition coefficient (Wildman–Crippen LogP) is 5.63. The minimum absolute atomic E-state index is 0.0432. The number of carbonyl (C=O) groups is 2. The number of nitrogens with one attached hydrogen (secondary N) is 1. The van der Waals surface area contributed by atoms with Gasteiger partial charge in [0.05, 0.1) is 17.2 Å². The Morgan fingerprint density at radius 1 is 0.886 bits per heavy atom. The minimum Gasteiger partial charge on any atom is -0.492 e. The highest BCUT2D eigenvalue weighted by molar-refractivity contribution is 7.92. The largest absolute Gasteiger partial charge is 0.492 e. The van der Waals surface area contributed by atoms with Crippen LogP contribution < -0.4 is 14.4 Å². The van der Waals surface area contributed by atoms with Crippen molar-refractivity contribution in [3.63, 3.8) is 0 Å². The molecule has 0 aromatic heterocycles. The molecule has 0 bridgehead atoms. The van der Waals surface area contributed by atoms with Gasteiger partial charge in [0.1, 0.15) is 18.3 Å². The number of likely N-dealkylation sites (N-methyl/N-ethyl adjacent to an activating group) is 1. The summed E-state index contributed by atoms with van der Waals surface area (Å²) in [5.41, 5.74) is 2.86. The van der Waals surface area contributed by atoms with E-state index < -0.39 is 28.5 Å². The summed E-state index contributed by atoms with van der Waals surface area (Å²) in [4.78, 5) is 29.3. The quantitative estimate of drug-likeness (QED) is 0.206. The third kappa shape index (κ3) is 7.98. The Hall–Kier alpha value is -4.34. The highest BCUT2D eigenvalue weighted by Gasteiger charge is 2.35. The normalized spacial score (nSPS) is 11.8. The molecule has 0 saturated carbocycles. The molecule has 10 heteroatoms. The summed E-state index contributed by atoms with van der Waals surface area (Å²) in [6.45, 7) is 3.54. The summed E-state index contributed by atoms with van der Waals surface area (Å²) in [5, 5.41) is 3.07. The van der Waals surface area contributed by atoms with Crippen molar-refractivity contribution in [1.29, 1.82) is 0 Å². The third-order valence-corrected chi connectivity index (χ3v) is 9.09. The zero-order valence-corrected chi connectivity index (χ0v) is 26.5. The van der Waals surface area contributed by atoms with Crippen LogP contribution in [0, 0.1) is 6.92 Å². The monoisotopic (exact) mass is 633 g/mol. The summed E-state index contributed by atoms with van der Waals surface area (Å²) >= 11 is 6.06. The molecule has 1 N–H and O–H groups in total. The van der Waals surface area contributed by atoms with E-state index in [1.54, 1.807) is 31.2 Å². The first-order valence-corrected chi connectivity index (χ1v) is 16.1. The number of aryl methyl sites for hydroxylation is 1. The van der Waals surface area contributed by atoms with Crippen LogP contribution >= 0.6 is 11.6 Å². The molecular formula is C34H36ClN3O5S. The molecule has 4 rings (SSSR count). The number of benzene rings is 4. The number of anilines is 1. The average Bonchev–Trinajstić information content (AvgIpc) is 3.02. The number of halogens is 1. The van der Waals surface area contributed by atoms with Gasteiger partial charge < -0.3 is 15.0 Å².